The maximum Gasteiger partial charge on any atom is 0.325 e. The van der Waals surface area contributed by atoms with Gasteiger partial charge < -0.3 is 23.5 Å². The van der Waals surface area contributed by atoms with E-state index in [1.807, 2.05) is 0 Å². The third kappa shape index (κ3) is 5.39. The number of rotatable bonds is 9. The van der Waals surface area contributed by atoms with Gasteiger partial charge in [-0.1, -0.05) is 11.3 Å². The number of ether oxygens (including phenoxy) is 4. The first-order valence-electron chi connectivity index (χ1n) is 9.99. The topological polar surface area (TPSA) is 122 Å². The molecule has 0 bridgehead atoms. The third-order valence-corrected chi connectivity index (χ3v) is 7.76. The fourth-order valence-electron chi connectivity index (χ4n) is 3.16. The summed E-state index contributed by atoms with van der Waals surface area (Å²) >= 11 is 1.12. The second-order valence-corrected chi connectivity index (χ2v) is 10.0. The Morgan fingerprint density at radius 3 is 2.18 bits per heavy atom. The molecule has 0 spiro atoms. The number of sulfone groups is 1. The van der Waals surface area contributed by atoms with Crippen LogP contribution in [-0.4, -0.2) is 59.1 Å². The van der Waals surface area contributed by atoms with Gasteiger partial charge in [-0.25, -0.2) is 8.42 Å². The highest BCUT2D eigenvalue weighted by Crippen LogP contribution is 2.35. The molecule has 34 heavy (non-hydrogen) atoms. The summed E-state index contributed by atoms with van der Waals surface area (Å²) in [4.78, 5) is 29.1. The van der Waals surface area contributed by atoms with Crippen LogP contribution < -0.4 is 19.0 Å². The largest absolute Gasteiger partial charge is 0.497 e. The molecule has 0 fully saturated rings. The third-order valence-electron chi connectivity index (χ3n) is 4.93. The summed E-state index contributed by atoms with van der Waals surface area (Å²) < 4.78 is 48.0. The van der Waals surface area contributed by atoms with Gasteiger partial charge in [-0.2, -0.15) is 4.99 Å². The number of carbonyl (C=O) groups excluding carboxylic acids is 2. The van der Waals surface area contributed by atoms with E-state index in [0.29, 0.717) is 27.5 Å². The Bertz CT molecular complexity index is 1370. The first-order chi connectivity index (χ1) is 16.2. The van der Waals surface area contributed by atoms with Gasteiger partial charge in [-0.15, -0.1) is 0 Å². The van der Waals surface area contributed by atoms with Crippen molar-refractivity contribution in [3.05, 3.63) is 41.2 Å². The second-order valence-electron chi connectivity index (χ2n) is 6.94. The molecule has 0 aliphatic heterocycles. The van der Waals surface area contributed by atoms with Crippen LogP contribution in [0.3, 0.4) is 0 Å². The number of amides is 1. The van der Waals surface area contributed by atoms with E-state index in [-0.39, 0.29) is 22.7 Å². The molecule has 10 nitrogen and oxygen atoms in total. The highest BCUT2D eigenvalue weighted by Gasteiger charge is 2.20. The smallest absolute Gasteiger partial charge is 0.325 e. The molecule has 2 aromatic carbocycles. The predicted octanol–water partition coefficient (Wildman–Crippen LogP) is 2.19. The molecule has 0 N–H and O–H groups in total. The molecule has 3 rings (SSSR count). The zero-order chi connectivity index (χ0) is 24.9. The molecule has 3 aromatic rings. The van der Waals surface area contributed by atoms with Crippen molar-refractivity contribution in [3.8, 4) is 17.2 Å². The lowest BCUT2D eigenvalue weighted by Gasteiger charge is -2.09. The molecule has 0 radical (unpaired) electrons. The lowest BCUT2D eigenvalue weighted by molar-refractivity contribution is -0.141. The highest BCUT2D eigenvalue weighted by atomic mass is 32.2. The van der Waals surface area contributed by atoms with Gasteiger partial charge in [0.25, 0.3) is 0 Å². The Morgan fingerprint density at radius 2 is 1.59 bits per heavy atom. The SMILES string of the molecule is COC(=O)Cn1c(=NC(=O)CCS(=O)(=O)c2ccc(OC)cc2)sc2c(OC)ccc(OC)c21. The van der Waals surface area contributed by atoms with Crippen LogP contribution >= 0.6 is 11.3 Å². The van der Waals surface area contributed by atoms with E-state index in [4.69, 9.17) is 18.9 Å². The molecule has 0 atom stereocenters. The minimum atomic E-state index is -3.71. The maximum atomic E-state index is 12.6. The Morgan fingerprint density at radius 1 is 0.941 bits per heavy atom. The Hall–Kier alpha value is -3.38. The summed E-state index contributed by atoms with van der Waals surface area (Å²) in [6.07, 6.45) is -0.338. The van der Waals surface area contributed by atoms with Crippen molar-refractivity contribution in [1.29, 1.82) is 0 Å². The Labute approximate surface area is 200 Å². The van der Waals surface area contributed by atoms with Crippen molar-refractivity contribution < 1.29 is 37.0 Å². The maximum absolute atomic E-state index is 12.6. The van der Waals surface area contributed by atoms with E-state index in [2.05, 4.69) is 4.99 Å². The van der Waals surface area contributed by atoms with Crippen molar-refractivity contribution in [2.45, 2.75) is 17.9 Å². The van der Waals surface area contributed by atoms with Gasteiger partial charge in [0.2, 0.25) is 5.91 Å². The van der Waals surface area contributed by atoms with Crippen LogP contribution in [-0.2, 0) is 30.7 Å². The second kappa shape index (κ2) is 10.7. The minimum Gasteiger partial charge on any atom is -0.497 e. The van der Waals surface area contributed by atoms with Crippen molar-refractivity contribution >= 4 is 43.3 Å². The molecular formula is C22H24N2O8S2. The van der Waals surface area contributed by atoms with E-state index in [0.717, 1.165) is 11.3 Å². The Kier molecular flexibility index (Phi) is 7.94. The van der Waals surface area contributed by atoms with Gasteiger partial charge in [0.1, 0.15) is 34.0 Å². The number of benzene rings is 2. The normalized spacial score (nSPS) is 11.9. The molecule has 12 heteroatoms. The molecule has 0 aliphatic rings. The van der Waals surface area contributed by atoms with Gasteiger partial charge in [-0.05, 0) is 36.4 Å². The molecule has 0 unspecified atom stereocenters. The predicted molar refractivity (Wildman–Crippen MR) is 125 cm³/mol. The van der Waals surface area contributed by atoms with Crippen molar-refractivity contribution in [1.82, 2.24) is 4.57 Å². The average Bonchev–Trinajstić information content (AvgIpc) is 3.19. The summed E-state index contributed by atoms with van der Waals surface area (Å²) in [5.41, 5.74) is 0.509. The van der Waals surface area contributed by atoms with Crippen LogP contribution in [0.2, 0.25) is 0 Å². The van der Waals surface area contributed by atoms with Crippen molar-refractivity contribution in [3.63, 3.8) is 0 Å². The summed E-state index contributed by atoms with van der Waals surface area (Å²) in [6.45, 7) is -0.226. The number of hydrogen-bond acceptors (Lipinski definition) is 9. The number of hydrogen-bond donors (Lipinski definition) is 0. The molecule has 1 heterocycles. The summed E-state index contributed by atoms with van der Waals surface area (Å²) in [7, 11) is 2.00. The molecule has 1 aromatic heterocycles. The fourth-order valence-corrected chi connectivity index (χ4v) is 5.55. The van der Waals surface area contributed by atoms with E-state index in [1.54, 1.807) is 12.1 Å². The lowest BCUT2D eigenvalue weighted by Crippen LogP contribution is -2.23. The van der Waals surface area contributed by atoms with E-state index >= 15 is 0 Å². The van der Waals surface area contributed by atoms with Gasteiger partial charge >= 0.3 is 5.97 Å². The van der Waals surface area contributed by atoms with Gasteiger partial charge in [0.05, 0.1) is 39.1 Å². The van der Waals surface area contributed by atoms with E-state index in [1.165, 1.54) is 57.3 Å². The first-order valence-corrected chi connectivity index (χ1v) is 12.5. The number of fused-ring (bicyclic) bond motifs is 1. The van der Waals surface area contributed by atoms with Crippen LogP contribution in [0.25, 0.3) is 10.2 Å². The monoisotopic (exact) mass is 508 g/mol. The summed E-state index contributed by atoms with van der Waals surface area (Å²) in [6, 6.07) is 9.29. The van der Waals surface area contributed by atoms with Crippen LogP contribution in [0.1, 0.15) is 6.42 Å². The summed E-state index contributed by atoms with van der Waals surface area (Å²) in [5, 5.41) is 0. The van der Waals surface area contributed by atoms with Crippen LogP contribution in [0.4, 0.5) is 0 Å². The minimum absolute atomic E-state index is 0.0817. The van der Waals surface area contributed by atoms with E-state index < -0.39 is 27.5 Å². The highest BCUT2D eigenvalue weighted by molar-refractivity contribution is 7.91. The lowest BCUT2D eigenvalue weighted by atomic mass is 10.3. The number of methoxy groups -OCH3 is 4. The average molecular weight is 509 g/mol. The zero-order valence-corrected chi connectivity index (χ0v) is 20.7. The van der Waals surface area contributed by atoms with Crippen molar-refractivity contribution in [2.24, 2.45) is 4.99 Å². The number of aromatic nitrogens is 1. The molecule has 1 amide bonds. The van der Waals surface area contributed by atoms with Crippen LogP contribution in [0.5, 0.6) is 17.2 Å². The molecule has 0 aliphatic carbocycles. The number of thiazole rings is 1. The van der Waals surface area contributed by atoms with Gasteiger partial charge in [0.15, 0.2) is 14.6 Å². The number of carbonyl (C=O) groups is 2. The van der Waals surface area contributed by atoms with Gasteiger partial charge in [-0.3, -0.25) is 9.59 Å². The first kappa shape index (κ1) is 25.2. The van der Waals surface area contributed by atoms with E-state index in [9.17, 15) is 18.0 Å². The molecule has 182 valence electrons. The number of esters is 1. The standard InChI is InChI=1S/C22H24N2O8S2/c1-29-14-5-7-15(8-6-14)34(27,28)12-11-18(25)23-22-24(13-19(26)32-4)20-16(30-2)9-10-17(31-3)21(20)33-22/h5-10H,11-13H2,1-4H3. The van der Waals surface area contributed by atoms with Crippen LogP contribution in [0, 0.1) is 0 Å². The Balaban J connectivity index is 1.97. The molecular weight excluding hydrogens is 484 g/mol. The zero-order valence-electron chi connectivity index (χ0n) is 19.1. The fraction of sp³-hybridized carbons (Fsp3) is 0.318. The quantitative estimate of drug-likeness (QED) is 0.403. The van der Waals surface area contributed by atoms with Crippen LogP contribution in [0.15, 0.2) is 46.3 Å². The van der Waals surface area contributed by atoms with Crippen molar-refractivity contribution in [2.75, 3.05) is 34.2 Å². The molecule has 0 saturated heterocycles. The number of nitrogens with zero attached hydrogens (tertiary/aromatic N) is 2. The summed E-state index contributed by atoms with van der Waals surface area (Å²) in [5.74, 6) is -0.144. The van der Waals surface area contributed by atoms with Gasteiger partial charge in [0, 0.05) is 6.42 Å². The molecule has 0 saturated carbocycles.